The Labute approximate surface area is 323 Å². The van der Waals surface area contributed by atoms with Gasteiger partial charge >= 0.3 is 5.97 Å². The van der Waals surface area contributed by atoms with E-state index < -0.39 is 12.2 Å². The Morgan fingerprint density at radius 1 is 0.944 bits per heavy atom. The number of esters is 1. The zero-order chi connectivity index (χ0) is 38.1. The van der Waals surface area contributed by atoms with Crippen LogP contribution in [0.15, 0.2) is 67.0 Å². The number of benzene rings is 2. The largest absolute Gasteiger partial charge is 0.490 e. The number of hydrogen-bond acceptors (Lipinski definition) is 8. The lowest BCUT2D eigenvalue weighted by Gasteiger charge is -2.22. The Morgan fingerprint density at radius 3 is 2.67 bits per heavy atom. The summed E-state index contributed by atoms with van der Waals surface area (Å²) < 4.78 is 11.5. The molecule has 0 spiro atoms. The van der Waals surface area contributed by atoms with Crippen molar-refractivity contribution in [2.24, 2.45) is 17.8 Å². The minimum atomic E-state index is -0.559. The predicted octanol–water partition coefficient (Wildman–Crippen LogP) is 8.71. The average Bonchev–Trinajstić information content (AvgIpc) is 3.72. The number of ketones is 1. The number of hydrogen-bond donors (Lipinski definition) is 2. The molecule has 2 fully saturated rings. The molecule has 0 amide bonds. The van der Waals surface area contributed by atoms with Gasteiger partial charge in [-0.1, -0.05) is 75.1 Å². The van der Waals surface area contributed by atoms with Crippen LogP contribution in [0, 0.1) is 24.7 Å². The predicted molar refractivity (Wildman–Crippen MR) is 215 cm³/mol. The molecule has 1 aliphatic carbocycles. The summed E-state index contributed by atoms with van der Waals surface area (Å²) in [6.07, 6.45) is 19.3. The first-order valence-electron chi connectivity index (χ1n) is 20.8. The molecule has 8 heteroatoms. The molecule has 2 N–H and O–H groups in total. The van der Waals surface area contributed by atoms with E-state index in [4.69, 9.17) is 9.47 Å². The summed E-state index contributed by atoms with van der Waals surface area (Å²) in [5.41, 5.74) is 3.70. The minimum Gasteiger partial charge on any atom is -0.490 e. The van der Waals surface area contributed by atoms with E-state index in [1.165, 1.54) is 47.6 Å². The summed E-state index contributed by atoms with van der Waals surface area (Å²) in [6.45, 7) is 7.80. The molecule has 5 rings (SSSR count). The minimum absolute atomic E-state index is 0.0416. The summed E-state index contributed by atoms with van der Waals surface area (Å²) in [4.78, 5) is 31.6. The second-order valence-electron chi connectivity index (χ2n) is 15.8. The van der Waals surface area contributed by atoms with Crippen LogP contribution < -0.4 is 4.74 Å². The molecule has 54 heavy (non-hydrogen) atoms. The molecule has 1 aliphatic heterocycles. The molecule has 3 aromatic rings. The molecule has 294 valence electrons. The van der Waals surface area contributed by atoms with Crippen LogP contribution in [-0.4, -0.2) is 70.4 Å². The zero-order valence-corrected chi connectivity index (χ0v) is 32.8. The van der Waals surface area contributed by atoms with Gasteiger partial charge in [0.05, 0.1) is 12.2 Å². The van der Waals surface area contributed by atoms with Gasteiger partial charge in [-0.05, 0) is 117 Å². The maximum atomic E-state index is 12.4. The van der Waals surface area contributed by atoms with Crippen molar-refractivity contribution in [1.29, 1.82) is 0 Å². The molecular formula is C46H64N2O6. The van der Waals surface area contributed by atoms with Gasteiger partial charge in [0.15, 0.2) is 0 Å². The van der Waals surface area contributed by atoms with Crippen LogP contribution >= 0.6 is 0 Å². The number of aliphatic hydroxyl groups excluding tert-OH is 2. The van der Waals surface area contributed by atoms with Crippen LogP contribution in [0.2, 0.25) is 0 Å². The molecule has 0 bridgehead atoms. The van der Waals surface area contributed by atoms with E-state index in [1.54, 1.807) is 0 Å². The van der Waals surface area contributed by atoms with E-state index in [1.807, 2.05) is 25.4 Å². The maximum absolute atomic E-state index is 12.4. The Balaban J connectivity index is 0.940. The molecule has 5 atom stereocenters. The number of carbonyl (C=O) groups excluding carboxylic acids is 2. The number of fused-ring (bicyclic) bond motifs is 1. The first kappa shape index (κ1) is 41.6. The summed E-state index contributed by atoms with van der Waals surface area (Å²) in [5, 5.41) is 23.6. The Morgan fingerprint density at radius 2 is 1.80 bits per heavy atom. The Bertz CT molecular complexity index is 1640. The van der Waals surface area contributed by atoms with E-state index >= 15 is 0 Å². The lowest BCUT2D eigenvalue weighted by Crippen LogP contribution is -2.22. The molecule has 0 radical (unpaired) electrons. The van der Waals surface area contributed by atoms with Gasteiger partial charge in [-0.2, -0.15) is 0 Å². The number of allylic oxidation sites excluding steroid dienone is 2. The van der Waals surface area contributed by atoms with Gasteiger partial charge in [-0.3, -0.25) is 19.5 Å². The molecule has 1 aromatic heterocycles. The van der Waals surface area contributed by atoms with Gasteiger partial charge in [0, 0.05) is 50.1 Å². The highest BCUT2D eigenvalue weighted by Crippen LogP contribution is 2.38. The Kier molecular flexibility index (Phi) is 17.0. The van der Waals surface area contributed by atoms with Crippen molar-refractivity contribution in [2.75, 3.05) is 26.3 Å². The van der Waals surface area contributed by atoms with Gasteiger partial charge in [-0.15, -0.1) is 0 Å². The fraction of sp³-hybridized carbons (Fsp3) is 0.587. The van der Waals surface area contributed by atoms with Crippen molar-refractivity contribution in [1.82, 2.24) is 9.88 Å². The lowest BCUT2D eigenvalue weighted by atomic mass is 9.86. The third-order valence-corrected chi connectivity index (χ3v) is 11.6. The molecule has 1 saturated carbocycles. The third-order valence-electron chi connectivity index (χ3n) is 11.6. The normalized spacial score (nSPS) is 21.7. The third kappa shape index (κ3) is 13.0. The fourth-order valence-electron chi connectivity index (χ4n) is 8.46. The summed E-state index contributed by atoms with van der Waals surface area (Å²) in [5.74, 6) is 1.41. The second-order valence-corrected chi connectivity index (χ2v) is 15.8. The van der Waals surface area contributed by atoms with Gasteiger partial charge in [0.1, 0.15) is 24.7 Å². The standard InChI is InChI=1S/C46H64N2O6/c1-3-4-5-6-9-15-39(49)20-21-42-41(43(50)30-44(42)51)16-10-7-8-11-17-46(52)54-27-26-53-45-29-35(19-18-34(45)2)32-48-25-23-36(33-48)28-37-13-12-14-38-31-47-24-22-40(37)38/h7,10,12-14,18-19,22,24,29,31,36,41-44,50-51H,3-6,8-9,11,15-17,20-21,23,25-28,30,32-33H2,1-2H3/b10-7-/t36-,41+,42+,43-,44+/m0/s1. The molecular weight excluding hydrogens is 677 g/mol. The number of aliphatic hydroxyl groups is 2. The van der Waals surface area contributed by atoms with E-state index in [-0.39, 0.29) is 30.2 Å². The van der Waals surface area contributed by atoms with Crippen molar-refractivity contribution in [3.8, 4) is 5.75 Å². The van der Waals surface area contributed by atoms with Crippen molar-refractivity contribution < 1.29 is 29.3 Å². The number of rotatable bonds is 23. The summed E-state index contributed by atoms with van der Waals surface area (Å²) in [6, 6.07) is 15.1. The lowest BCUT2D eigenvalue weighted by molar-refractivity contribution is -0.144. The van der Waals surface area contributed by atoms with Crippen LogP contribution in [0.25, 0.3) is 10.8 Å². The number of ether oxygens (including phenoxy) is 2. The Hall–Kier alpha value is -3.59. The molecule has 0 unspecified atom stereocenters. The number of nitrogens with zero attached hydrogens (tertiary/aromatic N) is 2. The number of aromatic nitrogens is 1. The molecule has 8 nitrogen and oxygen atoms in total. The zero-order valence-electron chi connectivity index (χ0n) is 32.8. The van der Waals surface area contributed by atoms with Crippen LogP contribution in [0.3, 0.4) is 0 Å². The monoisotopic (exact) mass is 740 g/mol. The highest BCUT2D eigenvalue weighted by atomic mass is 16.6. The quantitative estimate of drug-likeness (QED) is 0.0565. The number of Topliss-reactive ketones (excluding diaryl/α,β-unsaturated/α-hetero) is 1. The number of aryl methyl sites for hydroxylation is 1. The van der Waals surface area contributed by atoms with Crippen molar-refractivity contribution >= 4 is 22.5 Å². The van der Waals surface area contributed by atoms with Crippen LogP contribution in [-0.2, 0) is 27.3 Å². The van der Waals surface area contributed by atoms with Gasteiger partial charge in [0.2, 0.25) is 0 Å². The van der Waals surface area contributed by atoms with Crippen molar-refractivity contribution in [3.63, 3.8) is 0 Å². The summed E-state index contributed by atoms with van der Waals surface area (Å²) >= 11 is 0. The molecule has 2 heterocycles. The number of likely N-dealkylation sites (tertiary alicyclic amines) is 1. The van der Waals surface area contributed by atoms with Gasteiger partial charge in [0.25, 0.3) is 0 Å². The highest BCUT2D eigenvalue weighted by Gasteiger charge is 2.40. The van der Waals surface area contributed by atoms with Gasteiger partial charge in [-0.25, -0.2) is 0 Å². The number of pyridine rings is 1. The number of unbranched alkanes of at least 4 members (excludes halogenated alkanes) is 5. The van der Waals surface area contributed by atoms with E-state index in [9.17, 15) is 19.8 Å². The van der Waals surface area contributed by atoms with Crippen molar-refractivity contribution in [2.45, 2.75) is 129 Å². The molecule has 1 saturated heterocycles. The van der Waals surface area contributed by atoms with Gasteiger partial charge < -0.3 is 19.7 Å². The first-order valence-corrected chi connectivity index (χ1v) is 20.8. The number of carbonyl (C=O) groups is 2. The molecule has 2 aromatic carbocycles. The van der Waals surface area contributed by atoms with Crippen LogP contribution in [0.4, 0.5) is 0 Å². The maximum Gasteiger partial charge on any atom is 0.305 e. The van der Waals surface area contributed by atoms with E-state index in [0.717, 1.165) is 56.6 Å². The smallest absolute Gasteiger partial charge is 0.305 e. The topological polar surface area (TPSA) is 109 Å². The van der Waals surface area contributed by atoms with Crippen LogP contribution in [0.1, 0.15) is 114 Å². The van der Waals surface area contributed by atoms with E-state index in [2.05, 4.69) is 65.3 Å². The van der Waals surface area contributed by atoms with E-state index in [0.29, 0.717) is 57.5 Å². The SMILES string of the molecule is CCCCCCCC(=O)CC[C@@H]1[C@@H](C/C=C\CCCC(=O)OCCOc2cc(CN3CC[C@@H](Cc4cccc5cnccc45)C3)ccc2C)[C@@H](O)C[C@H]1O. The molecule has 2 aliphatic rings. The summed E-state index contributed by atoms with van der Waals surface area (Å²) in [7, 11) is 0. The van der Waals surface area contributed by atoms with Crippen molar-refractivity contribution in [3.05, 3.63) is 83.7 Å². The average molecular weight is 741 g/mol. The second kappa shape index (κ2) is 22.1. The fourth-order valence-corrected chi connectivity index (χ4v) is 8.46. The highest BCUT2D eigenvalue weighted by molar-refractivity contribution is 5.84. The first-order chi connectivity index (χ1) is 26.3. The van der Waals surface area contributed by atoms with Crippen LogP contribution in [0.5, 0.6) is 5.75 Å².